The predicted molar refractivity (Wildman–Crippen MR) is 106 cm³/mol. The van der Waals surface area contributed by atoms with E-state index in [0.717, 1.165) is 5.56 Å². The second-order valence-corrected chi connectivity index (χ2v) is 5.93. The lowest BCUT2D eigenvalue weighted by molar-refractivity contribution is -0.384. The van der Waals surface area contributed by atoms with E-state index < -0.39 is 35.4 Å². The topological polar surface area (TPSA) is 128 Å². The first-order chi connectivity index (χ1) is 13.8. The third-order valence-corrected chi connectivity index (χ3v) is 3.65. The zero-order valence-corrected chi connectivity index (χ0v) is 15.5. The number of nitro groups is 1. The molecule has 2 rings (SSSR count). The number of carbonyl (C=O) groups is 3. The van der Waals surface area contributed by atoms with E-state index in [4.69, 9.17) is 4.74 Å². The Morgan fingerprint density at radius 2 is 1.76 bits per heavy atom. The van der Waals surface area contributed by atoms with Crippen LogP contribution in [0.5, 0.6) is 0 Å². The summed E-state index contributed by atoms with van der Waals surface area (Å²) >= 11 is 0. The van der Waals surface area contributed by atoms with Gasteiger partial charge in [0.25, 0.3) is 11.6 Å². The lowest BCUT2D eigenvalue weighted by Gasteiger charge is -2.12. The average molecular weight is 397 g/mol. The van der Waals surface area contributed by atoms with E-state index in [9.17, 15) is 24.5 Å². The zero-order valence-electron chi connectivity index (χ0n) is 15.5. The first-order valence-corrected chi connectivity index (χ1v) is 8.59. The van der Waals surface area contributed by atoms with Gasteiger partial charge in [-0.3, -0.25) is 19.7 Å². The summed E-state index contributed by atoms with van der Waals surface area (Å²) < 4.78 is 4.87. The lowest BCUT2D eigenvalue weighted by Crippen LogP contribution is -2.39. The maximum Gasteiger partial charge on any atom is 0.328 e. The number of rotatable bonds is 8. The van der Waals surface area contributed by atoms with Gasteiger partial charge in [-0.2, -0.15) is 0 Å². The van der Waals surface area contributed by atoms with Crippen LogP contribution in [-0.2, 0) is 19.1 Å². The lowest BCUT2D eigenvalue weighted by atomic mass is 10.2. The van der Waals surface area contributed by atoms with Gasteiger partial charge in [0.2, 0.25) is 5.91 Å². The number of hydrogen-bond acceptors (Lipinski definition) is 6. The predicted octanol–water partition coefficient (Wildman–Crippen LogP) is 2.29. The molecule has 0 radical (unpaired) electrons. The molecule has 0 fully saturated rings. The van der Waals surface area contributed by atoms with Crippen molar-refractivity contribution in [3.8, 4) is 0 Å². The number of anilines is 1. The van der Waals surface area contributed by atoms with Gasteiger partial charge in [0, 0.05) is 23.9 Å². The third kappa shape index (κ3) is 7.25. The molecule has 1 atom stereocenters. The molecule has 0 unspecified atom stereocenters. The van der Waals surface area contributed by atoms with E-state index in [0.29, 0.717) is 5.69 Å². The van der Waals surface area contributed by atoms with Gasteiger partial charge in [0.15, 0.2) is 6.61 Å². The van der Waals surface area contributed by atoms with E-state index in [-0.39, 0.29) is 5.69 Å². The van der Waals surface area contributed by atoms with Crippen molar-refractivity contribution in [1.82, 2.24) is 5.32 Å². The van der Waals surface area contributed by atoms with Gasteiger partial charge in [0.05, 0.1) is 4.92 Å². The van der Waals surface area contributed by atoms with Crippen LogP contribution in [0.4, 0.5) is 11.4 Å². The molecule has 0 heterocycles. The largest absolute Gasteiger partial charge is 0.454 e. The van der Waals surface area contributed by atoms with Gasteiger partial charge >= 0.3 is 5.97 Å². The Morgan fingerprint density at radius 1 is 1.10 bits per heavy atom. The van der Waals surface area contributed by atoms with Crippen LogP contribution in [0.1, 0.15) is 12.5 Å². The van der Waals surface area contributed by atoms with Crippen LogP contribution in [0.3, 0.4) is 0 Å². The zero-order chi connectivity index (χ0) is 21.2. The molecule has 2 amide bonds. The maximum atomic E-state index is 11.9. The molecule has 0 aliphatic heterocycles. The molecule has 2 N–H and O–H groups in total. The first-order valence-electron chi connectivity index (χ1n) is 8.59. The van der Waals surface area contributed by atoms with Crippen molar-refractivity contribution in [2.75, 3.05) is 11.9 Å². The Balaban J connectivity index is 1.75. The highest BCUT2D eigenvalue weighted by molar-refractivity contribution is 5.96. The van der Waals surface area contributed by atoms with Crippen LogP contribution >= 0.6 is 0 Å². The molecule has 0 saturated carbocycles. The number of ether oxygens (including phenoxy) is 1. The Hall–Kier alpha value is -4.01. The van der Waals surface area contributed by atoms with Crippen molar-refractivity contribution in [3.63, 3.8) is 0 Å². The number of carbonyl (C=O) groups excluding carboxylic acids is 3. The second kappa shape index (κ2) is 10.4. The summed E-state index contributed by atoms with van der Waals surface area (Å²) in [5.41, 5.74) is 1.05. The Kier molecular flexibility index (Phi) is 7.60. The van der Waals surface area contributed by atoms with E-state index >= 15 is 0 Å². The Labute approximate surface area is 166 Å². The van der Waals surface area contributed by atoms with Crippen LogP contribution in [0.25, 0.3) is 6.08 Å². The number of amides is 2. The van der Waals surface area contributed by atoms with Crippen molar-refractivity contribution >= 4 is 35.2 Å². The molecule has 0 spiro atoms. The number of non-ortho nitro benzene ring substituents is 1. The minimum atomic E-state index is -0.949. The number of hydrogen-bond donors (Lipinski definition) is 2. The van der Waals surface area contributed by atoms with Crippen LogP contribution < -0.4 is 10.6 Å². The maximum absolute atomic E-state index is 11.9. The van der Waals surface area contributed by atoms with Crippen molar-refractivity contribution in [2.45, 2.75) is 13.0 Å². The monoisotopic (exact) mass is 397 g/mol. The van der Waals surface area contributed by atoms with E-state index in [1.165, 1.54) is 37.3 Å². The number of esters is 1. The third-order valence-electron chi connectivity index (χ3n) is 3.65. The fourth-order valence-electron chi connectivity index (χ4n) is 2.18. The first kappa shape index (κ1) is 21.3. The van der Waals surface area contributed by atoms with Crippen molar-refractivity contribution in [3.05, 3.63) is 76.4 Å². The molecule has 0 aromatic heterocycles. The number of nitrogens with one attached hydrogen (secondary N) is 2. The SMILES string of the molecule is C[C@H](NC(=O)/C=C/c1ccccc1)C(=O)OCC(=O)Nc1ccc([N+](=O)[O-])cc1. The van der Waals surface area contributed by atoms with Gasteiger partial charge in [-0.1, -0.05) is 30.3 Å². The second-order valence-electron chi connectivity index (χ2n) is 5.93. The fraction of sp³-hybridized carbons (Fsp3) is 0.150. The summed E-state index contributed by atoms with van der Waals surface area (Å²) in [6.45, 7) is 0.876. The van der Waals surface area contributed by atoms with Crippen molar-refractivity contribution in [2.24, 2.45) is 0 Å². The molecule has 0 bridgehead atoms. The summed E-state index contributed by atoms with van der Waals surface area (Å²) in [6, 6.07) is 13.4. The molecule has 0 saturated heterocycles. The molecule has 0 aliphatic carbocycles. The smallest absolute Gasteiger partial charge is 0.328 e. The molecule has 0 aliphatic rings. The highest BCUT2D eigenvalue weighted by atomic mass is 16.6. The van der Waals surface area contributed by atoms with E-state index in [2.05, 4.69) is 10.6 Å². The van der Waals surface area contributed by atoms with Crippen LogP contribution in [0, 0.1) is 10.1 Å². The van der Waals surface area contributed by atoms with Gasteiger partial charge in [-0.25, -0.2) is 4.79 Å². The minimum absolute atomic E-state index is 0.111. The highest BCUT2D eigenvalue weighted by Gasteiger charge is 2.17. The van der Waals surface area contributed by atoms with Gasteiger partial charge < -0.3 is 15.4 Å². The van der Waals surface area contributed by atoms with Crippen molar-refractivity contribution < 1.29 is 24.0 Å². The van der Waals surface area contributed by atoms with Gasteiger partial charge in [-0.15, -0.1) is 0 Å². The molecule has 29 heavy (non-hydrogen) atoms. The fourth-order valence-corrected chi connectivity index (χ4v) is 2.18. The summed E-state index contributed by atoms with van der Waals surface area (Å²) in [4.78, 5) is 45.6. The molecule has 9 heteroatoms. The molecule has 150 valence electrons. The molecule has 9 nitrogen and oxygen atoms in total. The Morgan fingerprint density at radius 3 is 2.38 bits per heavy atom. The summed E-state index contributed by atoms with van der Waals surface area (Å²) in [5, 5.41) is 15.5. The summed E-state index contributed by atoms with van der Waals surface area (Å²) in [7, 11) is 0. The molecular formula is C20H19N3O6. The quantitative estimate of drug-likeness (QED) is 0.304. The average Bonchev–Trinajstić information content (AvgIpc) is 2.71. The van der Waals surface area contributed by atoms with Crippen molar-refractivity contribution in [1.29, 1.82) is 0 Å². The molecule has 2 aromatic carbocycles. The summed E-state index contributed by atoms with van der Waals surface area (Å²) in [5.74, 6) is -1.87. The number of benzene rings is 2. The molecule has 2 aromatic rings. The minimum Gasteiger partial charge on any atom is -0.454 e. The van der Waals surface area contributed by atoms with Crippen LogP contribution in [0.2, 0.25) is 0 Å². The highest BCUT2D eigenvalue weighted by Crippen LogP contribution is 2.15. The summed E-state index contributed by atoms with van der Waals surface area (Å²) in [6.07, 6.45) is 2.89. The van der Waals surface area contributed by atoms with Gasteiger partial charge in [-0.05, 0) is 30.7 Å². The Bertz CT molecular complexity index is 910. The van der Waals surface area contributed by atoms with E-state index in [1.807, 2.05) is 30.3 Å². The number of nitrogens with zero attached hydrogens (tertiary/aromatic N) is 1. The molecular weight excluding hydrogens is 378 g/mol. The normalized spacial score (nSPS) is 11.5. The van der Waals surface area contributed by atoms with E-state index in [1.54, 1.807) is 6.08 Å². The van der Waals surface area contributed by atoms with Crippen LogP contribution in [-0.4, -0.2) is 35.4 Å². The van der Waals surface area contributed by atoms with Gasteiger partial charge in [0.1, 0.15) is 6.04 Å². The standard InChI is InChI=1S/C20H19N3O6/c1-14(21-18(24)12-7-15-5-3-2-4-6-15)20(26)29-13-19(25)22-16-8-10-17(11-9-16)23(27)28/h2-12,14H,13H2,1H3,(H,21,24)(H,22,25)/b12-7+/t14-/m0/s1. The van der Waals surface area contributed by atoms with Crippen LogP contribution in [0.15, 0.2) is 60.7 Å². The number of nitro benzene ring substituents is 1.